The van der Waals surface area contributed by atoms with E-state index in [1.165, 1.54) is 12.3 Å². The fourth-order valence-electron chi connectivity index (χ4n) is 1.67. The summed E-state index contributed by atoms with van der Waals surface area (Å²) in [5.41, 5.74) is 5.80. The molecule has 0 aliphatic heterocycles. The molecule has 0 saturated carbocycles. The summed E-state index contributed by atoms with van der Waals surface area (Å²) in [6.07, 6.45) is 0.738. The standard InChI is InChI=1S/C14H14BrFN2O3/c1-8(14(19)18-7-10-3-2-4-20-10)21-13-11(15)5-9(16)6-12(13)17/h2-6,8H,7,17H2,1H3,(H,18,19). The van der Waals surface area contributed by atoms with Gasteiger partial charge < -0.3 is 20.2 Å². The molecule has 0 spiro atoms. The third kappa shape index (κ3) is 3.98. The average molecular weight is 357 g/mol. The maximum atomic E-state index is 13.1. The lowest BCUT2D eigenvalue weighted by atomic mass is 10.3. The van der Waals surface area contributed by atoms with E-state index in [-0.39, 0.29) is 23.9 Å². The van der Waals surface area contributed by atoms with Crippen LogP contribution in [0.4, 0.5) is 10.1 Å². The van der Waals surface area contributed by atoms with Crippen molar-refractivity contribution in [3.8, 4) is 5.75 Å². The van der Waals surface area contributed by atoms with Gasteiger partial charge in [-0.25, -0.2) is 4.39 Å². The summed E-state index contributed by atoms with van der Waals surface area (Å²) in [4.78, 5) is 11.9. The highest BCUT2D eigenvalue weighted by molar-refractivity contribution is 9.10. The van der Waals surface area contributed by atoms with Gasteiger partial charge in [-0.15, -0.1) is 0 Å². The van der Waals surface area contributed by atoms with E-state index in [4.69, 9.17) is 14.9 Å². The van der Waals surface area contributed by atoms with Gasteiger partial charge in [-0.3, -0.25) is 4.79 Å². The van der Waals surface area contributed by atoms with Crippen LogP contribution in [-0.4, -0.2) is 12.0 Å². The highest BCUT2D eigenvalue weighted by Crippen LogP contribution is 2.33. The SMILES string of the molecule is CC(Oc1c(N)cc(F)cc1Br)C(=O)NCc1ccco1. The van der Waals surface area contributed by atoms with Crippen molar-refractivity contribution < 1.29 is 18.3 Å². The topological polar surface area (TPSA) is 77.5 Å². The lowest BCUT2D eigenvalue weighted by Gasteiger charge is -2.17. The number of nitrogens with one attached hydrogen (secondary N) is 1. The normalized spacial score (nSPS) is 12.0. The van der Waals surface area contributed by atoms with E-state index in [1.807, 2.05) is 0 Å². The van der Waals surface area contributed by atoms with Crippen LogP contribution >= 0.6 is 15.9 Å². The van der Waals surface area contributed by atoms with E-state index in [1.54, 1.807) is 19.1 Å². The zero-order valence-corrected chi connectivity index (χ0v) is 12.8. The van der Waals surface area contributed by atoms with Crippen molar-refractivity contribution in [3.63, 3.8) is 0 Å². The predicted octanol–water partition coefficient (Wildman–Crippen LogP) is 2.85. The van der Waals surface area contributed by atoms with Gasteiger partial charge in [0.05, 0.1) is 23.0 Å². The first-order valence-electron chi connectivity index (χ1n) is 6.18. The number of hydrogen-bond acceptors (Lipinski definition) is 4. The number of hydrogen-bond donors (Lipinski definition) is 2. The maximum Gasteiger partial charge on any atom is 0.261 e. The van der Waals surface area contributed by atoms with Crippen LogP contribution < -0.4 is 15.8 Å². The van der Waals surface area contributed by atoms with Gasteiger partial charge in [0.25, 0.3) is 5.91 Å². The molecule has 21 heavy (non-hydrogen) atoms. The van der Waals surface area contributed by atoms with Crippen LogP contribution in [0.3, 0.4) is 0 Å². The highest BCUT2D eigenvalue weighted by Gasteiger charge is 2.18. The first-order valence-corrected chi connectivity index (χ1v) is 6.98. The van der Waals surface area contributed by atoms with Crippen LogP contribution in [0.1, 0.15) is 12.7 Å². The van der Waals surface area contributed by atoms with E-state index in [0.29, 0.717) is 10.2 Å². The monoisotopic (exact) mass is 356 g/mol. The maximum absolute atomic E-state index is 13.1. The highest BCUT2D eigenvalue weighted by atomic mass is 79.9. The molecule has 0 saturated heterocycles. The van der Waals surface area contributed by atoms with Crippen molar-refractivity contribution in [1.82, 2.24) is 5.32 Å². The fraction of sp³-hybridized carbons (Fsp3) is 0.214. The second-order valence-electron chi connectivity index (χ2n) is 4.36. The number of nitrogens with two attached hydrogens (primary N) is 1. The summed E-state index contributed by atoms with van der Waals surface area (Å²) >= 11 is 3.15. The lowest BCUT2D eigenvalue weighted by Crippen LogP contribution is -2.36. The number of anilines is 1. The Balaban J connectivity index is 1.97. The second-order valence-corrected chi connectivity index (χ2v) is 5.22. The largest absolute Gasteiger partial charge is 0.478 e. The van der Waals surface area contributed by atoms with Crippen molar-refractivity contribution in [2.45, 2.75) is 19.6 Å². The van der Waals surface area contributed by atoms with Crippen LogP contribution in [-0.2, 0) is 11.3 Å². The number of ether oxygens (including phenoxy) is 1. The first kappa shape index (κ1) is 15.4. The van der Waals surface area contributed by atoms with Gasteiger partial charge in [-0.05, 0) is 41.1 Å². The summed E-state index contributed by atoms with van der Waals surface area (Å²) < 4.78 is 24.1. The minimum atomic E-state index is -0.788. The molecule has 3 N–H and O–H groups in total. The smallest absolute Gasteiger partial charge is 0.261 e. The number of carbonyl (C=O) groups excluding carboxylic acids is 1. The van der Waals surface area contributed by atoms with Crippen LogP contribution in [0.2, 0.25) is 0 Å². The molecule has 1 aromatic heterocycles. The zero-order chi connectivity index (χ0) is 15.4. The van der Waals surface area contributed by atoms with Crippen LogP contribution in [0.5, 0.6) is 5.75 Å². The number of furan rings is 1. The molecule has 7 heteroatoms. The molecule has 0 aliphatic carbocycles. The quantitative estimate of drug-likeness (QED) is 0.807. The van der Waals surface area contributed by atoms with Crippen LogP contribution in [0.15, 0.2) is 39.4 Å². The number of halogens is 2. The molecule has 1 unspecified atom stereocenters. The Kier molecular flexibility index (Phi) is 4.85. The minimum Gasteiger partial charge on any atom is -0.478 e. The van der Waals surface area contributed by atoms with Gasteiger partial charge >= 0.3 is 0 Å². The number of amides is 1. The Morgan fingerprint density at radius 3 is 2.95 bits per heavy atom. The summed E-state index contributed by atoms with van der Waals surface area (Å²) in [6, 6.07) is 5.84. The predicted molar refractivity (Wildman–Crippen MR) is 79.2 cm³/mol. The van der Waals surface area contributed by atoms with Crippen LogP contribution in [0, 0.1) is 5.82 Å². The minimum absolute atomic E-state index is 0.118. The Morgan fingerprint density at radius 2 is 2.33 bits per heavy atom. The number of carbonyl (C=O) groups is 1. The van der Waals surface area contributed by atoms with E-state index in [2.05, 4.69) is 21.2 Å². The van der Waals surface area contributed by atoms with Gasteiger partial charge in [0.2, 0.25) is 0 Å². The fourth-order valence-corrected chi connectivity index (χ4v) is 2.21. The van der Waals surface area contributed by atoms with E-state index < -0.39 is 11.9 Å². The molecule has 5 nitrogen and oxygen atoms in total. The van der Waals surface area contributed by atoms with E-state index in [0.717, 1.165) is 6.07 Å². The molecule has 1 atom stereocenters. The van der Waals surface area contributed by atoms with Crippen molar-refractivity contribution in [3.05, 3.63) is 46.6 Å². The number of benzene rings is 1. The Labute approximate surface area is 129 Å². The van der Waals surface area contributed by atoms with Crippen molar-refractivity contribution in [2.75, 3.05) is 5.73 Å². The molecule has 0 fully saturated rings. The molecule has 1 amide bonds. The van der Waals surface area contributed by atoms with Crippen molar-refractivity contribution in [2.24, 2.45) is 0 Å². The average Bonchev–Trinajstić information content (AvgIpc) is 2.93. The van der Waals surface area contributed by atoms with Gasteiger partial charge in [0, 0.05) is 6.07 Å². The van der Waals surface area contributed by atoms with Gasteiger partial charge in [-0.1, -0.05) is 0 Å². The van der Waals surface area contributed by atoms with E-state index in [9.17, 15) is 9.18 Å². The van der Waals surface area contributed by atoms with Gasteiger partial charge in [0.1, 0.15) is 11.6 Å². The van der Waals surface area contributed by atoms with Crippen LogP contribution in [0.25, 0.3) is 0 Å². The third-order valence-electron chi connectivity index (χ3n) is 2.72. The van der Waals surface area contributed by atoms with E-state index >= 15 is 0 Å². The summed E-state index contributed by atoms with van der Waals surface area (Å²) in [7, 11) is 0. The van der Waals surface area contributed by atoms with Crippen molar-refractivity contribution >= 4 is 27.5 Å². The molecule has 112 valence electrons. The number of nitrogen functional groups attached to an aromatic ring is 1. The Hall–Kier alpha value is -2.02. The van der Waals surface area contributed by atoms with Gasteiger partial charge in [-0.2, -0.15) is 0 Å². The van der Waals surface area contributed by atoms with Crippen molar-refractivity contribution in [1.29, 1.82) is 0 Å². The number of rotatable bonds is 5. The zero-order valence-electron chi connectivity index (χ0n) is 11.2. The van der Waals surface area contributed by atoms with Gasteiger partial charge in [0.15, 0.2) is 11.9 Å². The molecule has 0 radical (unpaired) electrons. The lowest BCUT2D eigenvalue weighted by molar-refractivity contribution is -0.127. The summed E-state index contributed by atoms with van der Waals surface area (Å²) in [5.74, 6) is 0.0544. The molecular weight excluding hydrogens is 343 g/mol. The molecule has 2 rings (SSSR count). The molecular formula is C14H14BrFN2O3. The first-order chi connectivity index (χ1) is 9.97. The molecule has 1 aromatic carbocycles. The Bertz CT molecular complexity index is 608. The second kappa shape index (κ2) is 6.62. The summed E-state index contributed by atoms with van der Waals surface area (Å²) in [6.45, 7) is 1.84. The Morgan fingerprint density at radius 1 is 1.57 bits per heavy atom. The molecule has 1 heterocycles. The molecule has 0 bridgehead atoms. The molecule has 0 aliphatic rings. The molecule has 2 aromatic rings. The third-order valence-corrected chi connectivity index (χ3v) is 3.31. The summed E-state index contributed by atoms with van der Waals surface area (Å²) in [5, 5.41) is 2.67.